The number of anilines is 2. The molecule has 0 aliphatic carbocycles. The zero-order valence-electron chi connectivity index (χ0n) is 14.1. The molecule has 0 saturated carbocycles. The van der Waals surface area contributed by atoms with Gasteiger partial charge in [0.05, 0.1) is 0 Å². The first-order valence-electron chi connectivity index (χ1n) is 7.96. The number of aryl methyl sites for hydroxylation is 2. The van der Waals surface area contributed by atoms with Crippen molar-refractivity contribution in [1.29, 1.82) is 0 Å². The summed E-state index contributed by atoms with van der Waals surface area (Å²) in [7, 11) is 0. The highest BCUT2D eigenvalue weighted by Gasteiger charge is 2.05. The maximum atomic E-state index is 12.1. The van der Waals surface area contributed by atoms with Crippen LogP contribution in [-0.4, -0.2) is 16.1 Å². The minimum Gasteiger partial charge on any atom is -0.342 e. The number of nitrogens with zero attached hydrogens (tertiary/aromatic N) is 1. The molecule has 0 aliphatic rings. The Balaban J connectivity index is 0.00000288. The zero-order chi connectivity index (χ0) is 16.8. The van der Waals surface area contributed by atoms with Crippen LogP contribution in [0, 0.1) is 6.92 Å². The number of nitrogens with one attached hydrogen (secondary N) is 2. The molecule has 0 unspecified atom stereocenters. The van der Waals surface area contributed by atoms with E-state index >= 15 is 0 Å². The van der Waals surface area contributed by atoms with Crippen molar-refractivity contribution in [3.05, 3.63) is 56.2 Å². The van der Waals surface area contributed by atoms with E-state index in [0.717, 1.165) is 18.5 Å². The fourth-order valence-electron chi connectivity index (χ4n) is 2.50. The van der Waals surface area contributed by atoms with Gasteiger partial charge in [0, 0.05) is 18.3 Å². The molecule has 24 heavy (non-hydrogen) atoms. The number of H-pyrrole nitrogens is 1. The van der Waals surface area contributed by atoms with Gasteiger partial charge < -0.3 is 11.1 Å². The molecule has 0 bridgehead atoms. The van der Waals surface area contributed by atoms with E-state index in [2.05, 4.69) is 24.1 Å². The number of hydrogen-bond donors (Lipinski definition) is 3. The third-order valence-electron chi connectivity index (χ3n) is 3.87. The molecule has 0 saturated heterocycles. The molecule has 6 nitrogen and oxygen atoms in total. The lowest BCUT2D eigenvalue weighted by molar-refractivity contribution is 0.573. The van der Waals surface area contributed by atoms with E-state index in [1.807, 2.05) is 18.2 Å². The Morgan fingerprint density at radius 3 is 2.58 bits per heavy atom. The molecule has 132 valence electrons. The lowest BCUT2D eigenvalue weighted by Gasteiger charge is -2.11. The van der Waals surface area contributed by atoms with Crippen LogP contribution in [0.15, 0.2) is 33.9 Å². The minimum absolute atomic E-state index is 0. The monoisotopic (exact) mass is 352 g/mol. The molecular formula is C17H25ClN4O2. The molecule has 0 radical (unpaired) electrons. The molecule has 1 aromatic heterocycles. The molecule has 1 aromatic carbocycles. The van der Waals surface area contributed by atoms with Gasteiger partial charge in [-0.15, -0.1) is 12.4 Å². The summed E-state index contributed by atoms with van der Waals surface area (Å²) in [5.74, 6) is 0.404. The van der Waals surface area contributed by atoms with E-state index in [4.69, 9.17) is 5.73 Å². The van der Waals surface area contributed by atoms with Crippen molar-refractivity contribution in [2.45, 2.75) is 39.7 Å². The predicted octanol–water partition coefficient (Wildman–Crippen LogP) is 2.31. The van der Waals surface area contributed by atoms with Gasteiger partial charge in [-0.3, -0.25) is 14.3 Å². The number of nitrogens with two attached hydrogens (primary N) is 1. The van der Waals surface area contributed by atoms with Crippen molar-refractivity contribution in [3.63, 3.8) is 0 Å². The highest BCUT2D eigenvalue weighted by atomic mass is 35.5. The SMILES string of the molecule is CCc1cc(Nc2cc(=O)n(CCCCN)c(=O)[nH]2)ccc1C.Cl. The van der Waals surface area contributed by atoms with Gasteiger partial charge in [-0.2, -0.15) is 0 Å². The minimum atomic E-state index is -0.403. The molecule has 2 rings (SSSR count). The maximum absolute atomic E-state index is 12.1. The van der Waals surface area contributed by atoms with Crippen LogP contribution in [0.2, 0.25) is 0 Å². The normalized spacial score (nSPS) is 10.3. The predicted molar refractivity (Wildman–Crippen MR) is 101 cm³/mol. The summed E-state index contributed by atoms with van der Waals surface area (Å²) < 4.78 is 1.20. The van der Waals surface area contributed by atoms with Crippen LogP contribution in [0.1, 0.15) is 30.9 Å². The number of hydrogen-bond acceptors (Lipinski definition) is 4. The fraction of sp³-hybridized carbons (Fsp3) is 0.412. The van der Waals surface area contributed by atoms with Crippen LogP contribution >= 0.6 is 12.4 Å². The summed E-state index contributed by atoms with van der Waals surface area (Å²) in [6.45, 7) is 5.10. The number of unbranched alkanes of at least 4 members (excludes halogenated alkanes) is 1. The van der Waals surface area contributed by atoms with E-state index in [9.17, 15) is 9.59 Å². The highest BCUT2D eigenvalue weighted by molar-refractivity contribution is 5.85. The zero-order valence-corrected chi connectivity index (χ0v) is 14.9. The first-order valence-corrected chi connectivity index (χ1v) is 7.96. The van der Waals surface area contributed by atoms with E-state index in [-0.39, 0.29) is 18.0 Å². The molecule has 0 atom stereocenters. The summed E-state index contributed by atoms with van der Waals surface area (Å²) >= 11 is 0. The van der Waals surface area contributed by atoms with Crippen LogP contribution in [0.4, 0.5) is 11.5 Å². The number of aromatic amines is 1. The average molecular weight is 353 g/mol. The molecular weight excluding hydrogens is 328 g/mol. The molecule has 0 amide bonds. The van der Waals surface area contributed by atoms with Crippen LogP contribution in [0.5, 0.6) is 0 Å². The van der Waals surface area contributed by atoms with Crippen molar-refractivity contribution in [3.8, 4) is 0 Å². The van der Waals surface area contributed by atoms with Gasteiger partial charge in [-0.1, -0.05) is 13.0 Å². The topological polar surface area (TPSA) is 92.9 Å². The number of aromatic nitrogens is 2. The van der Waals surface area contributed by atoms with Gasteiger partial charge in [-0.25, -0.2) is 4.79 Å². The molecule has 0 spiro atoms. The van der Waals surface area contributed by atoms with E-state index in [1.54, 1.807) is 0 Å². The molecule has 0 aliphatic heterocycles. The third kappa shape index (κ3) is 4.97. The highest BCUT2D eigenvalue weighted by Crippen LogP contribution is 2.18. The Morgan fingerprint density at radius 1 is 1.21 bits per heavy atom. The summed E-state index contributed by atoms with van der Waals surface area (Å²) in [5.41, 5.74) is 8.02. The molecule has 4 N–H and O–H groups in total. The first-order chi connectivity index (χ1) is 11.0. The van der Waals surface area contributed by atoms with Gasteiger partial charge in [-0.05, 0) is 56.0 Å². The number of halogens is 1. The van der Waals surface area contributed by atoms with Gasteiger partial charge in [0.2, 0.25) is 0 Å². The van der Waals surface area contributed by atoms with Gasteiger partial charge in [0.15, 0.2) is 0 Å². The smallest absolute Gasteiger partial charge is 0.329 e. The molecule has 2 aromatic rings. The lowest BCUT2D eigenvalue weighted by atomic mass is 10.1. The second kappa shape index (κ2) is 9.30. The molecule has 1 heterocycles. The Hall–Kier alpha value is -2.05. The summed E-state index contributed by atoms with van der Waals surface area (Å²) in [4.78, 5) is 26.9. The maximum Gasteiger partial charge on any atom is 0.329 e. The first kappa shape index (κ1) is 20.0. The van der Waals surface area contributed by atoms with E-state index in [1.165, 1.54) is 21.8 Å². The lowest BCUT2D eigenvalue weighted by Crippen LogP contribution is -2.35. The van der Waals surface area contributed by atoms with Crippen molar-refractivity contribution in [2.75, 3.05) is 11.9 Å². The number of rotatable bonds is 7. The Labute approximate surface area is 147 Å². The van der Waals surface area contributed by atoms with Crippen molar-refractivity contribution < 1.29 is 0 Å². The quantitative estimate of drug-likeness (QED) is 0.666. The van der Waals surface area contributed by atoms with Crippen molar-refractivity contribution >= 4 is 23.9 Å². The third-order valence-corrected chi connectivity index (χ3v) is 3.87. The average Bonchev–Trinajstić information content (AvgIpc) is 2.52. The Morgan fingerprint density at radius 2 is 1.96 bits per heavy atom. The van der Waals surface area contributed by atoms with Crippen LogP contribution in [0.25, 0.3) is 0 Å². The summed E-state index contributed by atoms with van der Waals surface area (Å²) in [5, 5.41) is 3.09. The van der Waals surface area contributed by atoms with E-state index in [0.29, 0.717) is 25.3 Å². The van der Waals surface area contributed by atoms with Gasteiger partial charge >= 0.3 is 5.69 Å². The summed E-state index contributed by atoms with van der Waals surface area (Å²) in [6, 6.07) is 7.39. The molecule has 7 heteroatoms. The number of benzene rings is 1. The second-order valence-corrected chi connectivity index (χ2v) is 5.59. The van der Waals surface area contributed by atoms with Crippen LogP contribution < -0.4 is 22.3 Å². The van der Waals surface area contributed by atoms with Crippen LogP contribution in [-0.2, 0) is 13.0 Å². The Kier molecular flexibility index (Phi) is 7.74. The van der Waals surface area contributed by atoms with Gasteiger partial charge in [0.1, 0.15) is 5.82 Å². The van der Waals surface area contributed by atoms with Crippen LogP contribution in [0.3, 0.4) is 0 Å². The van der Waals surface area contributed by atoms with Gasteiger partial charge in [0.25, 0.3) is 5.56 Å². The fourth-order valence-corrected chi connectivity index (χ4v) is 2.50. The van der Waals surface area contributed by atoms with Crippen molar-refractivity contribution in [2.24, 2.45) is 5.73 Å². The van der Waals surface area contributed by atoms with E-state index < -0.39 is 5.69 Å². The molecule has 0 fully saturated rings. The van der Waals surface area contributed by atoms with Crippen molar-refractivity contribution in [1.82, 2.24) is 9.55 Å². The standard InChI is InChI=1S/C17H24N4O2.ClH/c1-3-13-10-14(7-6-12(13)2)19-15-11-16(22)21(17(23)20-15)9-5-4-8-18;/h6-7,10-11,19H,3-5,8-9,18H2,1-2H3,(H,20,23);1H. The Bertz CT molecular complexity index is 752. The summed E-state index contributed by atoms with van der Waals surface area (Å²) in [6.07, 6.45) is 2.43. The second-order valence-electron chi connectivity index (χ2n) is 5.59. The largest absolute Gasteiger partial charge is 0.342 e.